The molecule has 0 amide bonds. The molecule has 4 aromatic rings. The van der Waals surface area contributed by atoms with E-state index in [4.69, 9.17) is 5.14 Å². The van der Waals surface area contributed by atoms with Gasteiger partial charge in [0, 0.05) is 16.6 Å². The lowest BCUT2D eigenvalue weighted by atomic mass is 9.89. The highest BCUT2D eigenvalue weighted by atomic mass is 32.2. The average Bonchev–Trinajstić information content (AvgIpc) is 3.18. The van der Waals surface area contributed by atoms with Crippen LogP contribution in [0.3, 0.4) is 0 Å². The molecule has 8 heteroatoms. The molecule has 152 valence electrons. The van der Waals surface area contributed by atoms with E-state index in [0.717, 1.165) is 34.3 Å². The summed E-state index contributed by atoms with van der Waals surface area (Å²) in [6, 6.07) is 13.0. The summed E-state index contributed by atoms with van der Waals surface area (Å²) in [5.74, 6) is 0.692. The van der Waals surface area contributed by atoms with Gasteiger partial charge in [-0.3, -0.25) is 0 Å². The molecule has 3 N–H and O–H groups in total. The van der Waals surface area contributed by atoms with Crippen LogP contribution in [0.2, 0.25) is 0 Å². The van der Waals surface area contributed by atoms with Crippen molar-refractivity contribution in [1.82, 2.24) is 9.97 Å². The molecule has 0 saturated heterocycles. The molecule has 0 spiro atoms. The highest BCUT2D eigenvalue weighted by Gasteiger charge is 2.16. The van der Waals surface area contributed by atoms with Crippen LogP contribution in [0.25, 0.3) is 21.3 Å². The van der Waals surface area contributed by atoms with Crippen molar-refractivity contribution < 1.29 is 8.42 Å². The summed E-state index contributed by atoms with van der Waals surface area (Å²) < 4.78 is 23.0. The van der Waals surface area contributed by atoms with Gasteiger partial charge in [-0.05, 0) is 66.6 Å². The van der Waals surface area contributed by atoms with Crippen LogP contribution >= 0.6 is 11.3 Å². The van der Waals surface area contributed by atoms with Crippen molar-refractivity contribution >= 4 is 43.1 Å². The molecule has 5 rings (SSSR count). The zero-order chi connectivity index (χ0) is 20.7. The molecule has 2 aromatic carbocycles. The van der Waals surface area contributed by atoms with Gasteiger partial charge in [-0.25, -0.2) is 23.5 Å². The van der Waals surface area contributed by atoms with Crippen LogP contribution in [0.15, 0.2) is 59.1 Å². The van der Waals surface area contributed by atoms with E-state index in [1.54, 1.807) is 23.5 Å². The quantitative estimate of drug-likeness (QED) is 0.486. The van der Waals surface area contributed by atoms with Gasteiger partial charge in [0.25, 0.3) is 0 Å². The van der Waals surface area contributed by atoms with E-state index in [9.17, 15) is 8.42 Å². The van der Waals surface area contributed by atoms with E-state index in [1.165, 1.54) is 48.0 Å². The second kappa shape index (κ2) is 7.46. The molecule has 0 saturated carbocycles. The number of fused-ring (bicyclic) bond motifs is 2. The molecule has 0 radical (unpaired) electrons. The Kier molecular flexibility index (Phi) is 4.77. The molecule has 0 bridgehead atoms. The summed E-state index contributed by atoms with van der Waals surface area (Å²) in [4.78, 5) is 9.88. The van der Waals surface area contributed by atoms with E-state index in [1.807, 2.05) is 0 Å². The Balaban J connectivity index is 1.55. The van der Waals surface area contributed by atoms with Gasteiger partial charge in [0.05, 0.1) is 10.3 Å². The first-order valence-corrected chi connectivity index (χ1v) is 12.2. The average molecular weight is 437 g/mol. The number of primary sulfonamides is 1. The van der Waals surface area contributed by atoms with Gasteiger partial charge in [-0.15, -0.1) is 11.3 Å². The van der Waals surface area contributed by atoms with E-state index in [0.29, 0.717) is 5.82 Å². The smallest absolute Gasteiger partial charge is 0.238 e. The maximum atomic E-state index is 11.5. The number of rotatable bonds is 4. The Hall–Kier alpha value is -2.81. The number of hydrogen-bond donors (Lipinski definition) is 2. The summed E-state index contributed by atoms with van der Waals surface area (Å²) in [6.45, 7) is 0. The summed E-state index contributed by atoms with van der Waals surface area (Å²) >= 11 is 1.59. The fourth-order valence-corrected chi connectivity index (χ4v) is 5.38. The molecule has 0 aliphatic heterocycles. The van der Waals surface area contributed by atoms with E-state index < -0.39 is 10.0 Å². The number of nitrogens with one attached hydrogen (secondary N) is 1. The maximum Gasteiger partial charge on any atom is 0.238 e. The number of thiophene rings is 1. The monoisotopic (exact) mass is 436 g/mol. The van der Waals surface area contributed by atoms with Crippen LogP contribution < -0.4 is 10.5 Å². The number of nitrogens with zero attached hydrogens (tertiary/aromatic N) is 2. The fourth-order valence-electron chi connectivity index (χ4n) is 3.95. The number of aromatic nitrogens is 2. The van der Waals surface area contributed by atoms with Crippen molar-refractivity contribution in [2.45, 2.75) is 30.6 Å². The van der Waals surface area contributed by atoms with Crippen molar-refractivity contribution in [2.24, 2.45) is 5.14 Å². The van der Waals surface area contributed by atoms with Crippen molar-refractivity contribution in [1.29, 1.82) is 0 Å². The first kappa shape index (κ1) is 19.2. The van der Waals surface area contributed by atoms with Crippen LogP contribution in [0.5, 0.6) is 0 Å². The van der Waals surface area contributed by atoms with Gasteiger partial charge in [-0.1, -0.05) is 18.2 Å². The molecule has 2 aromatic heterocycles. The second-order valence-corrected chi connectivity index (χ2v) is 9.86. The third-order valence-electron chi connectivity index (χ3n) is 5.48. The standard InChI is InChI=1S/C22H20N4O2S2/c23-30(27,28)18-9-7-17(8-10-18)26-21-20-19(12-29-22(20)25-13-24-21)16-6-5-14-3-1-2-4-15(14)11-16/h5-13H,1-4H2,(H2,23,27,28)(H,24,25,26). The predicted molar refractivity (Wildman–Crippen MR) is 121 cm³/mol. The van der Waals surface area contributed by atoms with Gasteiger partial charge in [-0.2, -0.15) is 0 Å². The molecular formula is C22H20N4O2S2. The highest BCUT2D eigenvalue weighted by molar-refractivity contribution is 7.89. The third kappa shape index (κ3) is 3.58. The molecule has 0 fully saturated rings. The summed E-state index contributed by atoms with van der Waals surface area (Å²) in [5, 5.41) is 11.6. The third-order valence-corrected chi connectivity index (χ3v) is 7.29. The molecule has 6 nitrogen and oxygen atoms in total. The topological polar surface area (TPSA) is 98.0 Å². The zero-order valence-corrected chi connectivity index (χ0v) is 17.8. The van der Waals surface area contributed by atoms with Crippen molar-refractivity contribution in [3.8, 4) is 11.1 Å². The van der Waals surface area contributed by atoms with Gasteiger partial charge in [0.1, 0.15) is 17.0 Å². The first-order chi connectivity index (χ1) is 14.5. The Morgan fingerprint density at radius 1 is 0.967 bits per heavy atom. The molecular weight excluding hydrogens is 416 g/mol. The van der Waals surface area contributed by atoms with Crippen LogP contribution in [0.4, 0.5) is 11.5 Å². The summed E-state index contributed by atoms with van der Waals surface area (Å²) in [5.41, 5.74) is 5.89. The summed E-state index contributed by atoms with van der Waals surface area (Å²) in [7, 11) is -3.72. The minimum absolute atomic E-state index is 0.0752. The lowest BCUT2D eigenvalue weighted by Crippen LogP contribution is -2.11. The van der Waals surface area contributed by atoms with Crippen LogP contribution in [0.1, 0.15) is 24.0 Å². The molecule has 30 heavy (non-hydrogen) atoms. The maximum absolute atomic E-state index is 11.5. The van der Waals surface area contributed by atoms with E-state index >= 15 is 0 Å². The SMILES string of the molecule is NS(=O)(=O)c1ccc(Nc2ncnc3scc(-c4ccc5c(c4)CCCC5)c23)cc1. The molecule has 1 aliphatic rings. The molecule has 0 atom stereocenters. The number of nitrogens with two attached hydrogens (primary N) is 1. The predicted octanol–water partition coefficient (Wildman–Crippen LogP) is 4.63. The highest BCUT2D eigenvalue weighted by Crippen LogP contribution is 2.38. The lowest BCUT2D eigenvalue weighted by molar-refractivity contribution is 0.598. The Morgan fingerprint density at radius 2 is 1.73 bits per heavy atom. The van der Waals surface area contributed by atoms with Crippen molar-refractivity contribution in [3.05, 3.63) is 65.3 Å². The van der Waals surface area contributed by atoms with Crippen molar-refractivity contribution in [2.75, 3.05) is 5.32 Å². The number of aryl methyl sites for hydroxylation is 2. The molecule has 0 unspecified atom stereocenters. The van der Waals surface area contributed by atoms with Gasteiger partial charge >= 0.3 is 0 Å². The summed E-state index contributed by atoms with van der Waals surface area (Å²) in [6.07, 6.45) is 6.33. The van der Waals surface area contributed by atoms with Gasteiger partial charge < -0.3 is 5.32 Å². The Bertz CT molecular complexity index is 1350. The van der Waals surface area contributed by atoms with E-state index in [-0.39, 0.29) is 4.90 Å². The second-order valence-electron chi connectivity index (χ2n) is 7.44. The van der Waals surface area contributed by atoms with Crippen LogP contribution in [-0.4, -0.2) is 18.4 Å². The lowest BCUT2D eigenvalue weighted by Gasteiger charge is -2.16. The van der Waals surface area contributed by atoms with Crippen molar-refractivity contribution in [3.63, 3.8) is 0 Å². The van der Waals surface area contributed by atoms with Crippen LogP contribution in [0, 0.1) is 0 Å². The number of anilines is 2. The van der Waals surface area contributed by atoms with E-state index in [2.05, 4.69) is 38.9 Å². The van der Waals surface area contributed by atoms with Gasteiger partial charge in [0.15, 0.2) is 0 Å². The molecule has 2 heterocycles. The number of sulfonamides is 1. The largest absolute Gasteiger partial charge is 0.340 e. The normalized spacial score (nSPS) is 13.9. The zero-order valence-electron chi connectivity index (χ0n) is 16.1. The number of benzene rings is 2. The minimum atomic E-state index is -3.72. The van der Waals surface area contributed by atoms with Gasteiger partial charge in [0.2, 0.25) is 10.0 Å². The fraction of sp³-hybridized carbons (Fsp3) is 0.182. The van der Waals surface area contributed by atoms with Crippen LogP contribution in [-0.2, 0) is 22.9 Å². The number of hydrogen-bond acceptors (Lipinski definition) is 6. The Labute approximate surface area is 178 Å². The Morgan fingerprint density at radius 3 is 2.50 bits per heavy atom. The molecule has 1 aliphatic carbocycles. The minimum Gasteiger partial charge on any atom is -0.340 e. The first-order valence-electron chi connectivity index (χ1n) is 9.73.